The van der Waals surface area contributed by atoms with Crippen LogP contribution in [0.25, 0.3) is 0 Å². The Bertz CT molecular complexity index is 389. The van der Waals surface area contributed by atoms with Gasteiger partial charge >= 0.3 is 6.80 Å². The maximum absolute atomic E-state index is 12.2. The minimum Gasteiger partial charge on any atom is -0.301 e. The van der Waals surface area contributed by atoms with E-state index >= 15 is 0 Å². The number of halogens is 1. The normalized spacial score (nSPS) is 28.4. The van der Waals surface area contributed by atoms with Gasteiger partial charge in [0.1, 0.15) is 0 Å². The van der Waals surface area contributed by atoms with E-state index in [9.17, 15) is 13.0 Å². The van der Waals surface area contributed by atoms with Crippen LogP contribution in [0.3, 0.4) is 0 Å². The molecule has 102 valence electrons. The molecule has 0 radical (unpaired) electrons. The highest BCUT2D eigenvalue weighted by molar-refractivity contribution is 8.55. The summed E-state index contributed by atoms with van der Waals surface area (Å²) in [7, 11) is -3.13. The first-order chi connectivity index (χ1) is 7.82. The molecule has 1 aliphatic heterocycles. The van der Waals surface area contributed by atoms with E-state index in [1.807, 2.05) is 0 Å². The molecule has 0 aliphatic carbocycles. The smallest absolute Gasteiger partial charge is 0.301 e. The molecule has 17 heavy (non-hydrogen) atoms. The van der Waals surface area contributed by atoms with Crippen LogP contribution < -0.4 is 0 Å². The molecule has 5 nitrogen and oxygen atoms in total. The highest BCUT2D eigenvalue weighted by Gasteiger charge is 2.42. The molecular formula is C8H16ClO5PS2. The predicted octanol–water partition coefficient (Wildman–Crippen LogP) is 2.31. The van der Waals surface area contributed by atoms with Crippen LogP contribution in [-0.2, 0) is 23.4 Å². The second-order valence-corrected chi connectivity index (χ2v) is 10.4. The molecule has 2 unspecified atom stereocenters. The first-order valence-corrected chi connectivity index (χ1v) is 10.5. The van der Waals surface area contributed by atoms with Crippen molar-refractivity contribution in [1.29, 1.82) is 0 Å². The summed E-state index contributed by atoms with van der Waals surface area (Å²) in [6.07, 6.45) is 0. The Labute approximate surface area is 111 Å². The average molecular weight is 323 g/mol. The Morgan fingerprint density at radius 2 is 1.82 bits per heavy atom. The molecule has 1 aliphatic rings. The Hall–Kier alpha value is 0.740. The second-order valence-electron chi connectivity index (χ2n) is 3.52. The van der Waals surface area contributed by atoms with Crippen LogP contribution in [0.5, 0.6) is 0 Å². The highest BCUT2D eigenvalue weighted by Crippen LogP contribution is 2.63. The zero-order chi connectivity index (χ0) is 13.1. The van der Waals surface area contributed by atoms with Crippen molar-refractivity contribution in [3.05, 3.63) is 0 Å². The van der Waals surface area contributed by atoms with Gasteiger partial charge in [-0.05, 0) is 25.2 Å². The maximum atomic E-state index is 12.2. The van der Waals surface area contributed by atoms with Crippen LogP contribution in [0, 0.1) is 0 Å². The average Bonchev–Trinajstić information content (AvgIpc) is 2.39. The summed E-state index contributed by atoms with van der Waals surface area (Å²) < 4.78 is 45.1. The topological polar surface area (TPSA) is 69.7 Å². The van der Waals surface area contributed by atoms with Gasteiger partial charge in [-0.2, -0.15) is 0 Å². The molecule has 0 aromatic carbocycles. The van der Waals surface area contributed by atoms with Gasteiger partial charge in [0, 0.05) is 5.25 Å². The molecule has 0 spiro atoms. The van der Waals surface area contributed by atoms with Crippen molar-refractivity contribution in [1.82, 2.24) is 0 Å². The van der Waals surface area contributed by atoms with Gasteiger partial charge < -0.3 is 9.05 Å². The second kappa shape index (κ2) is 6.26. The van der Waals surface area contributed by atoms with Gasteiger partial charge in [0.25, 0.3) is 0 Å². The summed E-state index contributed by atoms with van der Waals surface area (Å²) in [6, 6.07) is 0. The van der Waals surface area contributed by atoms with Crippen molar-refractivity contribution in [2.75, 3.05) is 24.7 Å². The molecule has 0 N–H and O–H groups in total. The van der Waals surface area contributed by atoms with Gasteiger partial charge in [-0.3, -0.25) is 0 Å². The Morgan fingerprint density at radius 3 is 2.18 bits per heavy atom. The lowest BCUT2D eigenvalue weighted by molar-refractivity contribution is 0.236. The van der Waals surface area contributed by atoms with E-state index in [1.54, 1.807) is 13.8 Å². The molecule has 0 amide bonds. The van der Waals surface area contributed by atoms with E-state index < -0.39 is 27.3 Å². The molecule has 1 rings (SSSR count). The molecule has 0 aromatic heterocycles. The van der Waals surface area contributed by atoms with Crippen molar-refractivity contribution >= 4 is 39.6 Å². The molecule has 0 saturated carbocycles. The lowest BCUT2D eigenvalue weighted by Crippen LogP contribution is -2.14. The first-order valence-electron chi connectivity index (χ1n) is 5.24. The minimum absolute atomic E-state index is 0.0734. The van der Waals surface area contributed by atoms with Crippen LogP contribution in [0.1, 0.15) is 13.8 Å². The molecule has 0 bridgehead atoms. The van der Waals surface area contributed by atoms with Crippen LogP contribution in [0.4, 0.5) is 0 Å². The largest absolute Gasteiger partial charge is 0.389 e. The van der Waals surface area contributed by atoms with Gasteiger partial charge in [-0.1, -0.05) is 0 Å². The van der Waals surface area contributed by atoms with Crippen molar-refractivity contribution in [2.24, 2.45) is 0 Å². The lowest BCUT2D eigenvalue weighted by Gasteiger charge is -2.20. The van der Waals surface area contributed by atoms with Crippen LogP contribution in [-0.4, -0.2) is 43.8 Å². The van der Waals surface area contributed by atoms with E-state index in [0.29, 0.717) is 0 Å². The number of hydrogen-bond donors (Lipinski definition) is 0. The summed E-state index contributed by atoms with van der Waals surface area (Å²) in [5, 5.41) is -0.982. The van der Waals surface area contributed by atoms with Gasteiger partial charge in [-0.15, -0.1) is 11.6 Å². The predicted molar refractivity (Wildman–Crippen MR) is 70.5 cm³/mol. The molecule has 9 heteroatoms. The fourth-order valence-corrected chi connectivity index (χ4v) is 9.53. The molecule has 2 atom stereocenters. The van der Waals surface area contributed by atoms with Gasteiger partial charge in [0.2, 0.25) is 0 Å². The lowest BCUT2D eigenvalue weighted by atomic mass is 10.4. The van der Waals surface area contributed by atoms with Crippen molar-refractivity contribution < 1.29 is 22.0 Å². The monoisotopic (exact) mass is 322 g/mol. The van der Waals surface area contributed by atoms with Gasteiger partial charge in [-0.25, -0.2) is 13.0 Å². The van der Waals surface area contributed by atoms with Gasteiger partial charge in [0.15, 0.2) is 9.84 Å². The van der Waals surface area contributed by atoms with Crippen LogP contribution in [0.15, 0.2) is 0 Å². The minimum atomic E-state index is -3.29. The molecule has 1 heterocycles. The fraction of sp³-hybridized carbons (Fsp3) is 1.00. The molecule has 1 fully saturated rings. The quantitative estimate of drug-likeness (QED) is 0.552. The third-order valence-electron chi connectivity index (χ3n) is 2.07. The number of alkyl halides is 1. The molecule has 1 saturated heterocycles. The van der Waals surface area contributed by atoms with E-state index in [1.165, 1.54) is 0 Å². The van der Waals surface area contributed by atoms with E-state index in [-0.39, 0.29) is 24.7 Å². The summed E-state index contributed by atoms with van der Waals surface area (Å²) in [5.41, 5.74) is 0. The highest BCUT2D eigenvalue weighted by atomic mass is 35.5. The first kappa shape index (κ1) is 15.8. The van der Waals surface area contributed by atoms with E-state index in [4.69, 9.17) is 20.6 Å². The Kier molecular flexibility index (Phi) is 5.82. The number of sulfone groups is 1. The van der Waals surface area contributed by atoms with E-state index in [0.717, 1.165) is 11.4 Å². The number of hydrogen-bond acceptors (Lipinski definition) is 6. The number of rotatable bonds is 6. The zero-order valence-corrected chi connectivity index (χ0v) is 12.9. The standard InChI is InChI=1S/C8H16ClO5PS2/c1-3-13-15(10,14-4-2)16-8-6-17(11,12)5-7(8)9/h7-8H,3-6H2,1-2H3. The summed E-state index contributed by atoms with van der Waals surface area (Å²) >= 11 is 6.85. The summed E-state index contributed by atoms with van der Waals surface area (Å²) in [4.78, 5) is 0. The zero-order valence-electron chi connectivity index (χ0n) is 9.67. The van der Waals surface area contributed by atoms with Crippen LogP contribution in [0.2, 0.25) is 0 Å². The van der Waals surface area contributed by atoms with Crippen LogP contribution >= 0.6 is 29.8 Å². The SMILES string of the molecule is CCOP(=O)(OCC)SC1CS(=O)(=O)CC1Cl. The Balaban J connectivity index is 2.72. The summed E-state index contributed by atoms with van der Waals surface area (Å²) in [6.45, 7) is 0.607. The Morgan fingerprint density at radius 1 is 1.29 bits per heavy atom. The molecular weight excluding hydrogens is 307 g/mol. The third kappa shape index (κ3) is 4.73. The van der Waals surface area contributed by atoms with Gasteiger partial charge in [0.05, 0.1) is 30.1 Å². The van der Waals surface area contributed by atoms with Crippen molar-refractivity contribution in [2.45, 2.75) is 24.5 Å². The van der Waals surface area contributed by atoms with E-state index in [2.05, 4.69) is 0 Å². The summed E-state index contributed by atoms with van der Waals surface area (Å²) in [5.74, 6) is -0.152. The maximum Gasteiger partial charge on any atom is 0.389 e. The molecule has 0 aromatic rings. The van der Waals surface area contributed by atoms with Crippen molar-refractivity contribution in [3.8, 4) is 0 Å². The fourth-order valence-electron chi connectivity index (χ4n) is 1.45. The van der Waals surface area contributed by atoms with Crippen molar-refractivity contribution in [3.63, 3.8) is 0 Å². The third-order valence-corrected chi connectivity index (χ3v) is 9.20.